The molecule has 0 fully saturated rings. The van der Waals surface area contributed by atoms with Crippen molar-refractivity contribution in [2.24, 2.45) is 0 Å². The fourth-order valence-corrected chi connectivity index (χ4v) is 2.25. The summed E-state index contributed by atoms with van der Waals surface area (Å²) in [7, 11) is -1.45. The second kappa shape index (κ2) is 6.70. The molecular weight excluding hydrogens is 293 g/mol. The molecule has 1 rings (SSSR count). The van der Waals surface area contributed by atoms with Gasteiger partial charge in [-0.15, -0.1) is 0 Å². The molecule has 7 heteroatoms. The molecule has 0 saturated heterocycles. The quantitative estimate of drug-likeness (QED) is 0.863. The van der Waals surface area contributed by atoms with Crippen LogP contribution in [0.2, 0.25) is 0 Å². The number of hydrogen-bond donors (Lipinski definition) is 1. The highest BCUT2D eigenvalue weighted by molar-refractivity contribution is 7.90. The first kappa shape index (κ1) is 17.8. The second-order valence-corrected chi connectivity index (χ2v) is 8.52. The number of pyridine rings is 1. The summed E-state index contributed by atoms with van der Waals surface area (Å²) in [5.74, 6) is -0.271. The fraction of sp³-hybridized carbons (Fsp3) is 0.643. The molecule has 0 amide bonds. The first-order valence-corrected chi connectivity index (χ1v) is 8.83. The van der Waals surface area contributed by atoms with Gasteiger partial charge in [0.2, 0.25) is 0 Å². The zero-order valence-corrected chi connectivity index (χ0v) is 14.1. The third-order valence-corrected chi connectivity index (χ3v) is 3.84. The van der Waals surface area contributed by atoms with Crippen LogP contribution in [-0.4, -0.2) is 44.5 Å². The lowest BCUT2D eigenvalue weighted by Crippen LogP contribution is -2.35. The van der Waals surface area contributed by atoms with E-state index in [9.17, 15) is 12.8 Å². The Hall–Kier alpha value is -1.21. The van der Waals surface area contributed by atoms with Gasteiger partial charge in [0.1, 0.15) is 9.84 Å². The first-order valence-electron chi connectivity index (χ1n) is 6.77. The van der Waals surface area contributed by atoms with Crippen LogP contribution in [0, 0.1) is 5.82 Å². The molecule has 120 valence electrons. The number of hydrogen-bond acceptors (Lipinski definition) is 5. The molecule has 0 aromatic carbocycles. The Labute approximate surface area is 126 Å². The maximum absolute atomic E-state index is 14.4. The summed E-state index contributed by atoms with van der Waals surface area (Å²) in [4.78, 5) is 5.54. The molecule has 0 aliphatic heterocycles. The van der Waals surface area contributed by atoms with E-state index in [-0.39, 0.29) is 23.7 Å². The van der Waals surface area contributed by atoms with Crippen molar-refractivity contribution in [1.82, 2.24) is 10.3 Å². The van der Waals surface area contributed by atoms with Crippen molar-refractivity contribution in [3.05, 3.63) is 23.6 Å². The number of nitrogens with zero attached hydrogens (tertiary/aromatic N) is 2. The van der Waals surface area contributed by atoms with Gasteiger partial charge in [0.05, 0.1) is 5.75 Å². The van der Waals surface area contributed by atoms with Gasteiger partial charge in [-0.2, -0.15) is 0 Å². The molecule has 1 aromatic rings. The molecule has 0 aliphatic rings. The van der Waals surface area contributed by atoms with E-state index in [1.165, 1.54) is 11.1 Å². The normalized spacial score (nSPS) is 12.5. The Morgan fingerprint density at radius 1 is 1.38 bits per heavy atom. The van der Waals surface area contributed by atoms with Crippen LogP contribution in [0.25, 0.3) is 0 Å². The third-order valence-electron chi connectivity index (χ3n) is 2.92. The predicted molar refractivity (Wildman–Crippen MR) is 83.8 cm³/mol. The molecule has 1 N–H and O–H groups in total. The second-order valence-electron chi connectivity index (χ2n) is 6.26. The molecule has 21 heavy (non-hydrogen) atoms. The molecule has 0 unspecified atom stereocenters. The smallest absolute Gasteiger partial charge is 0.170 e. The maximum atomic E-state index is 14.4. The Kier molecular flexibility index (Phi) is 5.69. The van der Waals surface area contributed by atoms with Crippen molar-refractivity contribution >= 4 is 15.7 Å². The van der Waals surface area contributed by atoms with Crippen molar-refractivity contribution in [2.75, 3.05) is 30.5 Å². The van der Waals surface area contributed by atoms with Crippen LogP contribution in [0.1, 0.15) is 26.3 Å². The van der Waals surface area contributed by atoms with Gasteiger partial charge in [-0.25, -0.2) is 17.8 Å². The Balaban J connectivity index is 2.84. The van der Waals surface area contributed by atoms with Crippen molar-refractivity contribution in [3.8, 4) is 0 Å². The molecule has 0 aliphatic carbocycles. The number of anilines is 1. The number of sulfone groups is 1. The number of halogens is 1. The molecule has 5 nitrogen and oxygen atoms in total. The lowest BCUT2D eigenvalue weighted by Gasteiger charge is -2.22. The molecule has 0 spiro atoms. The van der Waals surface area contributed by atoms with E-state index in [1.54, 1.807) is 13.1 Å². The summed E-state index contributed by atoms with van der Waals surface area (Å²) < 4.78 is 36.8. The average molecular weight is 317 g/mol. The summed E-state index contributed by atoms with van der Waals surface area (Å²) in [6.07, 6.45) is 2.70. The largest absolute Gasteiger partial charge is 0.356 e. The van der Waals surface area contributed by atoms with E-state index in [0.29, 0.717) is 12.1 Å². The fourth-order valence-electron chi connectivity index (χ4n) is 1.64. The Morgan fingerprint density at radius 2 is 2.00 bits per heavy atom. The molecule has 0 atom stereocenters. The van der Waals surface area contributed by atoms with Gasteiger partial charge in [-0.05, 0) is 26.8 Å². The van der Waals surface area contributed by atoms with E-state index in [4.69, 9.17) is 0 Å². The highest BCUT2D eigenvalue weighted by atomic mass is 32.2. The summed E-state index contributed by atoms with van der Waals surface area (Å²) in [5, 5.41) is 3.22. The number of nitrogens with one attached hydrogen (secondary N) is 1. The maximum Gasteiger partial charge on any atom is 0.170 e. The standard InChI is InChI=1S/C14H24FN3O2S/c1-14(2,3)17-10-11-6-7-16-13(12(11)15)18(4)8-9-21(5,19)20/h6-7,17H,8-10H2,1-5H3. The summed E-state index contributed by atoms with van der Waals surface area (Å²) in [6, 6.07) is 1.63. The molecule has 0 saturated carbocycles. The van der Waals surface area contributed by atoms with Gasteiger partial charge in [0, 0.05) is 43.7 Å². The minimum atomic E-state index is -3.08. The van der Waals surface area contributed by atoms with Gasteiger partial charge in [0.25, 0.3) is 0 Å². The van der Waals surface area contributed by atoms with Crippen LogP contribution >= 0.6 is 0 Å². The zero-order valence-electron chi connectivity index (χ0n) is 13.3. The summed E-state index contributed by atoms with van der Waals surface area (Å²) in [6.45, 7) is 6.62. The van der Waals surface area contributed by atoms with E-state index < -0.39 is 15.7 Å². The van der Waals surface area contributed by atoms with Crippen molar-refractivity contribution in [3.63, 3.8) is 0 Å². The number of aromatic nitrogens is 1. The van der Waals surface area contributed by atoms with Gasteiger partial charge < -0.3 is 10.2 Å². The van der Waals surface area contributed by atoms with Crippen LogP contribution in [0.3, 0.4) is 0 Å². The molecular formula is C14H24FN3O2S. The zero-order chi connectivity index (χ0) is 16.3. The average Bonchev–Trinajstić information content (AvgIpc) is 2.33. The van der Waals surface area contributed by atoms with Crippen molar-refractivity contribution in [2.45, 2.75) is 32.9 Å². The van der Waals surface area contributed by atoms with Gasteiger partial charge in [-0.3, -0.25) is 0 Å². The van der Waals surface area contributed by atoms with Crippen molar-refractivity contribution < 1.29 is 12.8 Å². The highest BCUT2D eigenvalue weighted by Gasteiger charge is 2.16. The topological polar surface area (TPSA) is 62.3 Å². The van der Waals surface area contributed by atoms with Crippen LogP contribution in [0.5, 0.6) is 0 Å². The molecule has 0 bridgehead atoms. The van der Waals surface area contributed by atoms with Crippen LogP contribution < -0.4 is 10.2 Å². The van der Waals surface area contributed by atoms with E-state index >= 15 is 0 Å². The predicted octanol–water partition coefficient (Wildman–Crippen LogP) is 1.59. The molecule has 1 heterocycles. The van der Waals surface area contributed by atoms with Crippen LogP contribution in [-0.2, 0) is 16.4 Å². The monoisotopic (exact) mass is 317 g/mol. The lowest BCUT2D eigenvalue weighted by atomic mass is 10.1. The minimum Gasteiger partial charge on any atom is -0.356 e. The van der Waals surface area contributed by atoms with Crippen LogP contribution in [0.4, 0.5) is 10.2 Å². The molecule has 1 aromatic heterocycles. The SMILES string of the molecule is CN(CCS(C)(=O)=O)c1nccc(CNC(C)(C)C)c1F. The van der Waals surface area contributed by atoms with E-state index in [2.05, 4.69) is 10.3 Å². The van der Waals surface area contributed by atoms with Crippen LogP contribution in [0.15, 0.2) is 12.3 Å². The van der Waals surface area contributed by atoms with Gasteiger partial charge in [-0.1, -0.05) is 0 Å². The Bertz CT molecular complexity index is 582. The van der Waals surface area contributed by atoms with Crippen molar-refractivity contribution in [1.29, 1.82) is 0 Å². The summed E-state index contributed by atoms with van der Waals surface area (Å²) >= 11 is 0. The highest BCUT2D eigenvalue weighted by Crippen LogP contribution is 2.19. The molecule has 0 radical (unpaired) electrons. The first-order chi connectivity index (χ1) is 9.49. The van der Waals surface area contributed by atoms with Gasteiger partial charge >= 0.3 is 0 Å². The number of rotatable bonds is 6. The summed E-state index contributed by atoms with van der Waals surface area (Å²) in [5.41, 5.74) is 0.402. The van der Waals surface area contributed by atoms with E-state index in [1.807, 2.05) is 20.8 Å². The minimum absolute atomic E-state index is 0.0327. The lowest BCUT2D eigenvalue weighted by molar-refractivity contribution is 0.418. The Morgan fingerprint density at radius 3 is 2.52 bits per heavy atom. The third kappa shape index (κ3) is 6.39. The van der Waals surface area contributed by atoms with Gasteiger partial charge in [0.15, 0.2) is 11.6 Å². The van der Waals surface area contributed by atoms with E-state index in [0.717, 1.165) is 6.26 Å².